The van der Waals surface area contributed by atoms with Gasteiger partial charge in [-0.2, -0.15) is 0 Å². The molecule has 0 unspecified atom stereocenters. The fraction of sp³-hybridized carbons (Fsp3) is 0.259. The maximum absolute atomic E-state index is 12.7. The van der Waals surface area contributed by atoms with Crippen LogP contribution in [0.3, 0.4) is 0 Å². The Hall–Kier alpha value is -3.05. The third-order valence-corrected chi connectivity index (χ3v) is 6.88. The van der Waals surface area contributed by atoms with Crippen LogP contribution in [-0.4, -0.2) is 30.3 Å². The van der Waals surface area contributed by atoms with Crippen LogP contribution in [0.4, 0.5) is 0 Å². The summed E-state index contributed by atoms with van der Waals surface area (Å²) in [5.74, 6) is -0.221. The number of ether oxygens (including phenoxy) is 1. The van der Waals surface area contributed by atoms with E-state index in [9.17, 15) is 9.59 Å². The van der Waals surface area contributed by atoms with Crippen molar-refractivity contribution < 1.29 is 14.3 Å². The van der Waals surface area contributed by atoms with Gasteiger partial charge in [-0.3, -0.25) is 4.79 Å². The minimum absolute atomic E-state index is 0.173. The number of hydrogen-bond donors (Lipinski definition) is 1. The molecule has 3 aromatic rings. The van der Waals surface area contributed by atoms with Crippen molar-refractivity contribution in [3.05, 3.63) is 108 Å². The maximum atomic E-state index is 12.7. The Balaban J connectivity index is 2.09. The van der Waals surface area contributed by atoms with E-state index in [4.69, 9.17) is 4.74 Å². The molecule has 1 atom stereocenters. The molecule has 0 aromatic heterocycles. The summed E-state index contributed by atoms with van der Waals surface area (Å²) in [4.78, 5) is 24.8. The van der Waals surface area contributed by atoms with E-state index in [-0.39, 0.29) is 12.5 Å². The van der Waals surface area contributed by atoms with Crippen LogP contribution in [-0.2, 0) is 19.1 Å². The number of nitrogens with one attached hydrogen (secondary N) is 1. The average Bonchev–Trinajstić information content (AvgIpc) is 2.85. The summed E-state index contributed by atoms with van der Waals surface area (Å²) in [6, 6.07) is 30.1. The van der Waals surface area contributed by atoms with Gasteiger partial charge in [-0.15, -0.1) is 11.8 Å². The summed E-state index contributed by atoms with van der Waals surface area (Å²) in [7, 11) is 0. The van der Waals surface area contributed by atoms with Crippen LogP contribution >= 0.6 is 11.8 Å². The van der Waals surface area contributed by atoms with Crippen LogP contribution in [0.15, 0.2) is 91.0 Å². The van der Waals surface area contributed by atoms with Gasteiger partial charge in [0.05, 0.1) is 11.4 Å². The van der Waals surface area contributed by atoms with Crippen molar-refractivity contribution in [1.29, 1.82) is 0 Å². The molecule has 0 aliphatic heterocycles. The summed E-state index contributed by atoms with van der Waals surface area (Å²) in [6.45, 7) is 3.81. The fourth-order valence-corrected chi connectivity index (χ4v) is 5.23. The molecule has 0 radical (unpaired) electrons. The quantitative estimate of drug-likeness (QED) is 0.344. The monoisotopic (exact) mass is 447 g/mol. The van der Waals surface area contributed by atoms with Crippen LogP contribution < -0.4 is 5.32 Å². The average molecular weight is 448 g/mol. The molecule has 0 aliphatic rings. The molecule has 4 nitrogen and oxygen atoms in total. The maximum Gasteiger partial charge on any atom is 0.329 e. The number of esters is 1. The normalized spacial score (nSPS) is 12.1. The van der Waals surface area contributed by atoms with E-state index < -0.39 is 16.8 Å². The molecule has 0 fully saturated rings. The number of carbonyl (C=O) groups excluding carboxylic acids is 2. The molecule has 166 valence electrons. The molecule has 0 spiro atoms. The second-order valence-corrected chi connectivity index (χ2v) is 8.55. The number of hydrogen-bond acceptors (Lipinski definition) is 4. The largest absolute Gasteiger partial charge is 0.464 e. The second kappa shape index (κ2) is 11.5. The van der Waals surface area contributed by atoms with E-state index in [2.05, 4.69) is 41.7 Å². The number of carbonyl (C=O) groups is 2. The van der Waals surface area contributed by atoms with E-state index in [1.165, 1.54) is 0 Å². The van der Waals surface area contributed by atoms with Gasteiger partial charge in [-0.05, 0) is 23.6 Å². The highest BCUT2D eigenvalue weighted by Crippen LogP contribution is 2.48. The van der Waals surface area contributed by atoms with Crippen molar-refractivity contribution >= 4 is 23.6 Å². The summed E-state index contributed by atoms with van der Waals surface area (Å²) < 4.78 is 4.70. The van der Waals surface area contributed by atoms with Gasteiger partial charge < -0.3 is 10.1 Å². The SMILES string of the molecule is CCOC(=O)[C@H](CSC(c1ccccc1)(c1ccccc1)c1ccccc1)NC(=O)CC. The van der Waals surface area contributed by atoms with Crippen LogP contribution in [0.5, 0.6) is 0 Å². The molecule has 0 aliphatic carbocycles. The van der Waals surface area contributed by atoms with Crippen LogP contribution in [0.2, 0.25) is 0 Å². The number of amides is 1. The van der Waals surface area contributed by atoms with Crippen molar-refractivity contribution in [1.82, 2.24) is 5.32 Å². The highest BCUT2D eigenvalue weighted by Gasteiger charge is 2.38. The molecular weight excluding hydrogens is 418 g/mol. The van der Waals surface area contributed by atoms with E-state index in [0.29, 0.717) is 12.2 Å². The molecule has 0 heterocycles. The van der Waals surface area contributed by atoms with Gasteiger partial charge in [0.15, 0.2) is 0 Å². The Morgan fingerprint density at radius 1 is 0.812 bits per heavy atom. The van der Waals surface area contributed by atoms with Crippen molar-refractivity contribution in [2.24, 2.45) is 0 Å². The molecule has 1 amide bonds. The fourth-order valence-electron chi connectivity index (χ4n) is 3.68. The standard InChI is InChI=1S/C27H29NO3S/c1-3-25(29)28-24(26(30)31-4-2)20-32-27(21-14-8-5-9-15-21,22-16-10-6-11-17-22)23-18-12-7-13-19-23/h5-19,24H,3-4,20H2,1-2H3,(H,28,29)/t24-/m0/s1. The van der Waals surface area contributed by atoms with Crippen molar-refractivity contribution in [2.75, 3.05) is 12.4 Å². The van der Waals surface area contributed by atoms with Gasteiger partial charge in [0.2, 0.25) is 5.91 Å². The molecule has 3 aromatic carbocycles. The van der Waals surface area contributed by atoms with E-state index >= 15 is 0 Å². The third-order valence-electron chi connectivity index (χ3n) is 5.23. The van der Waals surface area contributed by atoms with Crippen LogP contribution in [0.25, 0.3) is 0 Å². The zero-order valence-corrected chi connectivity index (χ0v) is 19.3. The van der Waals surface area contributed by atoms with Crippen LogP contribution in [0, 0.1) is 0 Å². The second-order valence-electron chi connectivity index (χ2n) is 7.32. The van der Waals surface area contributed by atoms with E-state index in [0.717, 1.165) is 16.7 Å². The van der Waals surface area contributed by atoms with Crippen molar-refractivity contribution in [3.63, 3.8) is 0 Å². The lowest BCUT2D eigenvalue weighted by Crippen LogP contribution is -2.44. The lowest BCUT2D eigenvalue weighted by molar-refractivity contribution is -0.146. The molecule has 32 heavy (non-hydrogen) atoms. The van der Waals surface area contributed by atoms with Gasteiger partial charge in [0.1, 0.15) is 6.04 Å². The molecule has 0 saturated carbocycles. The summed E-state index contributed by atoms with van der Waals surface area (Å²) in [5, 5.41) is 2.84. The predicted molar refractivity (Wildman–Crippen MR) is 131 cm³/mol. The summed E-state index contributed by atoms with van der Waals surface area (Å²) in [6.07, 6.45) is 0.307. The molecule has 5 heteroatoms. The van der Waals surface area contributed by atoms with Gasteiger partial charge >= 0.3 is 5.97 Å². The highest BCUT2D eigenvalue weighted by atomic mass is 32.2. The Bertz CT molecular complexity index is 897. The Morgan fingerprint density at radius 3 is 1.62 bits per heavy atom. The van der Waals surface area contributed by atoms with Gasteiger partial charge in [-0.25, -0.2) is 4.79 Å². The Morgan fingerprint density at radius 2 is 1.25 bits per heavy atom. The summed E-state index contributed by atoms with van der Waals surface area (Å²) in [5.41, 5.74) is 3.31. The minimum Gasteiger partial charge on any atom is -0.464 e. The minimum atomic E-state index is -0.733. The van der Waals surface area contributed by atoms with Gasteiger partial charge in [0.25, 0.3) is 0 Å². The zero-order valence-electron chi connectivity index (χ0n) is 18.5. The number of rotatable bonds is 10. The first-order chi connectivity index (χ1) is 15.6. The third kappa shape index (κ3) is 5.40. The predicted octanol–water partition coefficient (Wildman–Crippen LogP) is 5.17. The van der Waals surface area contributed by atoms with Crippen molar-refractivity contribution in [3.8, 4) is 0 Å². The smallest absolute Gasteiger partial charge is 0.329 e. The first kappa shape index (κ1) is 23.6. The number of benzene rings is 3. The number of thioether (sulfide) groups is 1. The van der Waals surface area contributed by atoms with Crippen molar-refractivity contribution in [2.45, 2.75) is 31.1 Å². The molecule has 3 rings (SSSR count). The highest BCUT2D eigenvalue weighted by molar-refractivity contribution is 8.00. The Labute approximate surface area is 194 Å². The molecule has 0 saturated heterocycles. The Kier molecular flexibility index (Phi) is 8.51. The first-order valence-electron chi connectivity index (χ1n) is 10.9. The molecule has 0 bridgehead atoms. The lowest BCUT2D eigenvalue weighted by atomic mass is 9.84. The molecule has 1 N–H and O–H groups in total. The molecular formula is C27H29NO3S. The van der Waals surface area contributed by atoms with E-state index in [1.807, 2.05) is 54.6 Å². The zero-order chi connectivity index (χ0) is 22.8. The van der Waals surface area contributed by atoms with E-state index in [1.54, 1.807) is 25.6 Å². The van der Waals surface area contributed by atoms with Crippen LogP contribution in [0.1, 0.15) is 37.0 Å². The van der Waals surface area contributed by atoms with Gasteiger partial charge in [-0.1, -0.05) is 97.9 Å². The first-order valence-corrected chi connectivity index (χ1v) is 11.9. The van der Waals surface area contributed by atoms with Gasteiger partial charge in [0, 0.05) is 12.2 Å². The summed E-state index contributed by atoms with van der Waals surface area (Å²) >= 11 is 1.63. The lowest BCUT2D eigenvalue weighted by Gasteiger charge is -2.36. The topological polar surface area (TPSA) is 55.4 Å².